The first kappa shape index (κ1) is 20.0. The Morgan fingerprint density at radius 3 is 2.52 bits per heavy atom. The van der Waals surface area contributed by atoms with Gasteiger partial charge in [-0.05, 0) is 43.0 Å². The first-order chi connectivity index (χ1) is 13.0. The molecule has 148 valence electrons. The maximum Gasteiger partial charge on any atom is 0.175 e. The van der Waals surface area contributed by atoms with Crippen LogP contribution in [0, 0.1) is 0 Å². The second-order valence-electron chi connectivity index (χ2n) is 7.18. The summed E-state index contributed by atoms with van der Waals surface area (Å²) in [6, 6.07) is 9.41. The average molecular weight is 393 g/mol. The molecular formula is C20H28N2O4S. The highest BCUT2D eigenvalue weighted by atomic mass is 32.2. The molecule has 0 saturated heterocycles. The molecule has 0 radical (unpaired) electrons. The molecule has 0 bridgehead atoms. The molecule has 0 spiro atoms. The predicted molar refractivity (Wildman–Crippen MR) is 104 cm³/mol. The van der Waals surface area contributed by atoms with Gasteiger partial charge >= 0.3 is 0 Å². The van der Waals surface area contributed by atoms with Crippen LogP contribution in [0.25, 0.3) is 11.3 Å². The molecule has 3 rings (SSSR count). The number of rotatable bonds is 8. The maximum absolute atomic E-state index is 11.7. The number of ether oxygens (including phenoxy) is 1. The van der Waals surface area contributed by atoms with E-state index in [1.54, 1.807) is 12.1 Å². The Morgan fingerprint density at radius 2 is 1.89 bits per heavy atom. The third-order valence-electron chi connectivity index (χ3n) is 4.98. The highest BCUT2D eigenvalue weighted by molar-refractivity contribution is 7.90. The number of aromatic nitrogens is 2. The van der Waals surface area contributed by atoms with E-state index >= 15 is 0 Å². The van der Waals surface area contributed by atoms with Crippen LogP contribution in [0.5, 0.6) is 0 Å². The molecule has 1 heterocycles. The zero-order valence-electron chi connectivity index (χ0n) is 15.8. The van der Waals surface area contributed by atoms with E-state index in [2.05, 4.69) is 4.68 Å². The largest absolute Gasteiger partial charge is 0.396 e. The van der Waals surface area contributed by atoms with Crippen molar-refractivity contribution in [2.24, 2.45) is 0 Å². The third kappa shape index (κ3) is 5.18. The first-order valence-electron chi connectivity index (χ1n) is 9.56. The number of hydrogen-bond acceptors (Lipinski definition) is 5. The molecule has 27 heavy (non-hydrogen) atoms. The number of nitrogens with zero attached hydrogens (tertiary/aromatic N) is 2. The number of hydrogen-bond donors (Lipinski definition) is 1. The van der Waals surface area contributed by atoms with Crippen molar-refractivity contribution in [2.75, 3.05) is 19.5 Å². The summed E-state index contributed by atoms with van der Waals surface area (Å²) >= 11 is 0. The smallest absolute Gasteiger partial charge is 0.175 e. The Kier molecular flexibility index (Phi) is 6.68. The van der Waals surface area contributed by atoms with Crippen LogP contribution < -0.4 is 0 Å². The summed E-state index contributed by atoms with van der Waals surface area (Å²) in [5.74, 6) is 0. The maximum atomic E-state index is 11.7. The number of aliphatic hydroxyl groups excluding tert-OH is 1. The summed E-state index contributed by atoms with van der Waals surface area (Å²) in [5, 5.41) is 13.7. The molecule has 0 amide bonds. The normalized spacial score (nSPS) is 15.9. The summed E-state index contributed by atoms with van der Waals surface area (Å²) in [6.45, 7) is 1.04. The quantitative estimate of drug-likeness (QED) is 0.697. The van der Waals surface area contributed by atoms with Crippen molar-refractivity contribution in [2.45, 2.75) is 56.1 Å². The van der Waals surface area contributed by atoms with Crippen LogP contribution in [0.2, 0.25) is 0 Å². The molecule has 1 N–H and O–H groups in total. The summed E-state index contributed by atoms with van der Waals surface area (Å²) in [6.07, 6.45) is 7.74. The Hall–Kier alpha value is -1.70. The highest BCUT2D eigenvalue weighted by Gasteiger charge is 2.21. The molecule has 1 fully saturated rings. The van der Waals surface area contributed by atoms with Gasteiger partial charge in [-0.3, -0.25) is 4.68 Å². The Balaban J connectivity index is 1.87. The van der Waals surface area contributed by atoms with E-state index in [9.17, 15) is 8.42 Å². The molecular weight excluding hydrogens is 364 g/mol. The van der Waals surface area contributed by atoms with Gasteiger partial charge in [0.05, 0.1) is 28.9 Å². The lowest BCUT2D eigenvalue weighted by Gasteiger charge is -2.24. The van der Waals surface area contributed by atoms with Crippen molar-refractivity contribution < 1.29 is 18.3 Å². The highest BCUT2D eigenvalue weighted by Crippen LogP contribution is 2.33. The zero-order valence-corrected chi connectivity index (χ0v) is 16.6. The van der Waals surface area contributed by atoms with Crippen LogP contribution in [0.3, 0.4) is 0 Å². The van der Waals surface area contributed by atoms with Crippen molar-refractivity contribution in [1.29, 1.82) is 0 Å². The predicted octanol–water partition coefficient (Wildman–Crippen LogP) is 3.36. The second-order valence-corrected chi connectivity index (χ2v) is 9.20. The molecule has 6 nitrogen and oxygen atoms in total. The third-order valence-corrected chi connectivity index (χ3v) is 6.11. The minimum atomic E-state index is -3.21. The van der Waals surface area contributed by atoms with Gasteiger partial charge in [-0.15, -0.1) is 0 Å². The van der Waals surface area contributed by atoms with E-state index in [0.29, 0.717) is 30.6 Å². The van der Waals surface area contributed by atoms with E-state index in [-0.39, 0.29) is 6.61 Å². The van der Waals surface area contributed by atoms with Gasteiger partial charge in [-0.25, -0.2) is 8.42 Å². The van der Waals surface area contributed by atoms with Crippen LogP contribution in [0.15, 0.2) is 35.2 Å². The van der Waals surface area contributed by atoms with Crippen LogP contribution in [0.4, 0.5) is 0 Å². The molecule has 1 aliphatic rings. The molecule has 7 heteroatoms. The molecule has 0 atom stereocenters. The van der Waals surface area contributed by atoms with E-state index in [1.807, 2.05) is 18.2 Å². The van der Waals surface area contributed by atoms with Gasteiger partial charge in [-0.1, -0.05) is 31.4 Å². The van der Waals surface area contributed by atoms with E-state index < -0.39 is 9.84 Å². The SMILES string of the molecule is CS(=O)(=O)c1ccc(-c2cc(COCCCO)nn2C2CCCCC2)cc1. The van der Waals surface area contributed by atoms with Gasteiger partial charge in [0.2, 0.25) is 0 Å². The lowest BCUT2D eigenvalue weighted by atomic mass is 9.95. The van der Waals surface area contributed by atoms with Crippen molar-refractivity contribution in [1.82, 2.24) is 9.78 Å². The standard InChI is InChI=1S/C20H28N2O4S/c1-27(24,25)19-10-8-16(9-11-19)20-14-17(15-26-13-5-12-23)21-22(20)18-6-3-2-4-7-18/h8-11,14,18,23H,2-7,12-13,15H2,1H3. The van der Waals surface area contributed by atoms with Crippen LogP contribution in [-0.2, 0) is 21.2 Å². The van der Waals surface area contributed by atoms with Crippen LogP contribution >= 0.6 is 0 Å². The number of benzene rings is 1. The fourth-order valence-corrected chi connectivity index (χ4v) is 4.18. The van der Waals surface area contributed by atoms with Crippen molar-refractivity contribution >= 4 is 9.84 Å². The van der Waals surface area contributed by atoms with Crippen molar-refractivity contribution in [3.8, 4) is 11.3 Å². The van der Waals surface area contributed by atoms with Gasteiger partial charge < -0.3 is 9.84 Å². The average Bonchev–Trinajstić information content (AvgIpc) is 3.10. The van der Waals surface area contributed by atoms with Gasteiger partial charge in [0.15, 0.2) is 9.84 Å². The molecule has 1 aromatic carbocycles. The summed E-state index contributed by atoms with van der Waals surface area (Å²) in [4.78, 5) is 0.322. The van der Waals surface area contributed by atoms with Gasteiger partial charge in [0, 0.05) is 19.5 Å². The Bertz CT molecular complexity index is 837. The Morgan fingerprint density at radius 1 is 1.19 bits per heavy atom. The molecule has 0 unspecified atom stereocenters. The monoisotopic (exact) mass is 392 g/mol. The minimum Gasteiger partial charge on any atom is -0.396 e. The fourth-order valence-electron chi connectivity index (χ4n) is 3.55. The molecule has 1 aliphatic carbocycles. The second kappa shape index (κ2) is 8.99. The summed E-state index contributed by atoms with van der Waals surface area (Å²) < 4.78 is 31.1. The fraction of sp³-hybridized carbons (Fsp3) is 0.550. The van der Waals surface area contributed by atoms with E-state index in [0.717, 1.165) is 29.8 Å². The Labute approximate surface area is 161 Å². The van der Waals surface area contributed by atoms with Gasteiger partial charge in [0.25, 0.3) is 0 Å². The lowest BCUT2D eigenvalue weighted by Crippen LogP contribution is -2.15. The van der Waals surface area contributed by atoms with Crippen LogP contribution in [-0.4, -0.2) is 42.8 Å². The molecule has 1 saturated carbocycles. The topological polar surface area (TPSA) is 81.4 Å². The molecule has 2 aromatic rings. The lowest BCUT2D eigenvalue weighted by molar-refractivity contribution is 0.101. The number of aliphatic hydroxyl groups is 1. The minimum absolute atomic E-state index is 0.119. The van der Waals surface area contributed by atoms with Crippen molar-refractivity contribution in [3.63, 3.8) is 0 Å². The van der Waals surface area contributed by atoms with Gasteiger partial charge in [0.1, 0.15) is 0 Å². The molecule has 0 aliphatic heterocycles. The van der Waals surface area contributed by atoms with Crippen molar-refractivity contribution in [3.05, 3.63) is 36.0 Å². The summed E-state index contributed by atoms with van der Waals surface area (Å²) in [7, 11) is -3.21. The first-order valence-corrected chi connectivity index (χ1v) is 11.5. The zero-order chi connectivity index (χ0) is 19.3. The van der Waals surface area contributed by atoms with E-state index in [1.165, 1.54) is 25.5 Å². The van der Waals surface area contributed by atoms with Crippen LogP contribution in [0.1, 0.15) is 50.3 Å². The van der Waals surface area contributed by atoms with Gasteiger partial charge in [-0.2, -0.15) is 5.10 Å². The van der Waals surface area contributed by atoms with E-state index in [4.69, 9.17) is 14.9 Å². The molecule has 1 aromatic heterocycles. The summed E-state index contributed by atoms with van der Waals surface area (Å²) in [5.41, 5.74) is 2.82. The number of sulfone groups is 1.